The molecule has 0 amide bonds. The average molecular weight is 308 g/mol. The van der Waals surface area contributed by atoms with Crippen LogP contribution in [0.4, 0.5) is 0 Å². The van der Waals surface area contributed by atoms with Crippen molar-refractivity contribution in [2.75, 3.05) is 0 Å². The lowest BCUT2D eigenvalue weighted by atomic mass is 9.80. The van der Waals surface area contributed by atoms with E-state index in [0.717, 1.165) is 11.4 Å². The third-order valence-electron chi connectivity index (χ3n) is 5.46. The number of rotatable bonds is 1. The van der Waals surface area contributed by atoms with Gasteiger partial charge in [0.15, 0.2) is 0 Å². The Hall–Kier alpha value is -0.370. The third-order valence-corrected chi connectivity index (χ3v) is 5.95. The second-order valence-corrected chi connectivity index (χ2v) is 7.96. The SMILES string of the molecule is CC1(C(N)=S)CCCCCCCCCCCCC2=C(C2)C1. The molecule has 0 fully saturated rings. The molecule has 120 valence electrons. The highest BCUT2D eigenvalue weighted by molar-refractivity contribution is 7.80. The lowest BCUT2D eigenvalue weighted by Crippen LogP contribution is -2.32. The number of nitrogens with two attached hydrogens (primary N) is 1. The van der Waals surface area contributed by atoms with E-state index in [2.05, 4.69) is 6.92 Å². The van der Waals surface area contributed by atoms with Gasteiger partial charge in [0.2, 0.25) is 0 Å². The zero-order chi connectivity index (χ0) is 15.1. The molecular formula is C19H33NS. The van der Waals surface area contributed by atoms with Gasteiger partial charge < -0.3 is 5.73 Å². The van der Waals surface area contributed by atoms with Crippen LogP contribution >= 0.6 is 12.2 Å². The molecule has 0 saturated heterocycles. The van der Waals surface area contributed by atoms with Gasteiger partial charge in [-0.15, -0.1) is 0 Å². The number of hydrogen-bond donors (Lipinski definition) is 1. The molecular weight excluding hydrogens is 274 g/mol. The Kier molecular flexibility index (Phi) is 6.73. The monoisotopic (exact) mass is 307 g/mol. The largest absolute Gasteiger partial charge is 0.393 e. The predicted octanol–water partition coefficient (Wildman–Crippen LogP) is 6.06. The molecule has 2 aliphatic carbocycles. The molecule has 0 radical (unpaired) electrons. The van der Waals surface area contributed by atoms with E-state index in [1.165, 1.54) is 83.5 Å². The minimum absolute atomic E-state index is 0.0729. The van der Waals surface area contributed by atoms with E-state index in [1.807, 2.05) is 0 Å². The van der Waals surface area contributed by atoms with Crippen LogP contribution in [0.1, 0.15) is 96.8 Å². The van der Waals surface area contributed by atoms with Gasteiger partial charge in [0.1, 0.15) is 0 Å². The molecule has 2 heteroatoms. The molecule has 0 aromatic carbocycles. The molecule has 0 aliphatic heterocycles. The first kappa shape index (κ1) is 17.0. The molecule has 2 N–H and O–H groups in total. The van der Waals surface area contributed by atoms with E-state index >= 15 is 0 Å². The smallest absolute Gasteiger partial charge is 0.0790 e. The summed E-state index contributed by atoms with van der Waals surface area (Å²) in [5, 5.41) is 0. The van der Waals surface area contributed by atoms with Crippen LogP contribution in [0, 0.1) is 5.41 Å². The van der Waals surface area contributed by atoms with Gasteiger partial charge in [0.25, 0.3) is 0 Å². The number of thiocarbonyl (C=S) groups is 1. The lowest BCUT2D eigenvalue weighted by Gasteiger charge is -2.27. The van der Waals surface area contributed by atoms with Crippen LogP contribution in [0.25, 0.3) is 0 Å². The normalized spacial score (nSPS) is 29.8. The molecule has 1 nitrogen and oxygen atoms in total. The van der Waals surface area contributed by atoms with Crippen molar-refractivity contribution < 1.29 is 0 Å². The van der Waals surface area contributed by atoms with Crippen LogP contribution in [0.3, 0.4) is 0 Å². The van der Waals surface area contributed by atoms with E-state index in [1.54, 1.807) is 11.1 Å². The third kappa shape index (κ3) is 5.73. The van der Waals surface area contributed by atoms with Crippen molar-refractivity contribution in [2.45, 2.75) is 96.8 Å². The van der Waals surface area contributed by atoms with Gasteiger partial charge in [-0.3, -0.25) is 0 Å². The molecule has 21 heavy (non-hydrogen) atoms. The first-order chi connectivity index (χ1) is 10.1. The van der Waals surface area contributed by atoms with Crippen molar-refractivity contribution in [1.29, 1.82) is 0 Å². The summed E-state index contributed by atoms with van der Waals surface area (Å²) in [6.45, 7) is 2.29. The fraction of sp³-hybridized carbons (Fsp3) is 0.842. The van der Waals surface area contributed by atoms with Crippen LogP contribution < -0.4 is 5.73 Å². The second-order valence-electron chi connectivity index (χ2n) is 7.52. The van der Waals surface area contributed by atoms with Crippen LogP contribution in [-0.4, -0.2) is 4.99 Å². The lowest BCUT2D eigenvalue weighted by molar-refractivity contribution is 0.401. The van der Waals surface area contributed by atoms with Crippen molar-refractivity contribution in [3.63, 3.8) is 0 Å². The van der Waals surface area contributed by atoms with Crippen LogP contribution in [0.5, 0.6) is 0 Å². The maximum absolute atomic E-state index is 6.07. The highest BCUT2D eigenvalue weighted by Crippen LogP contribution is 2.45. The summed E-state index contributed by atoms with van der Waals surface area (Å²) in [5.74, 6) is 0. The van der Waals surface area contributed by atoms with Crippen molar-refractivity contribution in [1.82, 2.24) is 0 Å². The highest BCUT2D eigenvalue weighted by atomic mass is 32.1. The van der Waals surface area contributed by atoms with E-state index in [-0.39, 0.29) is 5.41 Å². The fourth-order valence-corrected chi connectivity index (χ4v) is 3.88. The van der Waals surface area contributed by atoms with Crippen LogP contribution in [0.15, 0.2) is 11.1 Å². The Bertz CT molecular complexity index is 385. The topological polar surface area (TPSA) is 26.0 Å². The molecule has 0 aromatic heterocycles. The minimum Gasteiger partial charge on any atom is -0.393 e. The summed E-state index contributed by atoms with van der Waals surface area (Å²) in [5.41, 5.74) is 9.55. The first-order valence-electron chi connectivity index (χ1n) is 9.11. The molecule has 0 heterocycles. The Morgan fingerprint density at radius 2 is 1.38 bits per heavy atom. The molecule has 1 unspecified atom stereocenters. The van der Waals surface area contributed by atoms with Crippen molar-refractivity contribution in [3.8, 4) is 0 Å². The second kappa shape index (κ2) is 8.31. The fourth-order valence-electron chi connectivity index (χ4n) is 3.70. The highest BCUT2D eigenvalue weighted by Gasteiger charge is 2.33. The van der Waals surface area contributed by atoms with E-state index < -0.39 is 0 Å². The Morgan fingerprint density at radius 1 is 0.857 bits per heavy atom. The van der Waals surface area contributed by atoms with Crippen molar-refractivity contribution in [2.24, 2.45) is 11.1 Å². The van der Waals surface area contributed by atoms with Gasteiger partial charge in [-0.05, 0) is 32.1 Å². The molecule has 0 aromatic rings. The summed E-state index contributed by atoms with van der Waals surface area (Å²) in [4.78, 5) is 0.738. The van der Waals surface area contributed by atoms with Crippen LogP contribution in [0.2, 0.25) is 0 Å². The minimum atomic E-state index is 0.0729. The Balaban J connectivity index is 1.90. The quantitative estimate of drug-likeness (QED) is 0.470. The number of hydrogen-bond acceptors (Lipinski definition) is 1. The Labute approximate surface area is 136 Å². The summed E-state index contributed by atoms with van der Waals surface area (Å²) in [6.07, 6.45) is 18.9. The van der Waals surface area contributed by atoms with Gasteiger partial charge in [-0.2, -0.15) is 0 Å². The summed E-state index contributed by atoms with van der Waals surface area (Å²) >= 11 is 5.39. The van der Waals surface area contributed by atoms with Gasteiger partial charge >= 0.3 is 0 Å². The zero-order valence-electron chi connectivity index (χ0n) is 13.9. The molecule has 0 bridgehead atoms. The Morgan fingerprint density at radius 3 is 1.95 bits per heavy atom. The molecule has 2 aliphatic rings. The van der Waals surface area contributed by atoms with E-state index in [9.17, 15) is 0 Å². The van der Waals surface area contributed by atoms with E-state index in [4.69, 9.17) is 18.0 Å². The van der Waals surface area contributed by atoms with Crippen LogP contribution in [-0.2, 0) is 0 Å². The molecule has 2 rings (SSSR count). The van der Waals surface area contributed by atoms with Gasteiger partial charge in [-0.1, -0.05) is 88.1 Å². The molecule has 0 spiro atoms. The van der Waals surface area contributed by atoms with Gasteiger partial charge in [-0.25, -0.2) is 0 Å². The van der Waals surface area contributed by atoms with Crippen molar-refractivity contribution in [3.05, 3.63) is 11.1 Å². The van der Waals surface area contributed by atoms with Gasteiger partial charge in [0.05, 0.1) is 4.99 Å². The summed E-state index contributed by atoms with van der Waals surface area (Å²) in [6, 6.07) is 0. The standard InChI is InChI=1S/C19H33NS/c1-19(18(20)21)13-11-9-7-5-3-2-4-6-8-10-12-16-14-17(16)15-19/h2-15H2,1H3,(H2,20,21). The molecule has 0 saturated carbocycles. The average Bonchev–Trinajstić information content (AvgIpc) is 3.16. The zero-order valence-corrected chi connectivity index (χ0v) is 14.7. The molecule has 1 atom stereocenters. The van der Waals surface area contributed by atoms with E-state index in [0.29, 0.717) is 0 Å². The predicted molar refractivity (Wildman–Crippen MR) is 96.6 cm³/mol. The maximum Gasteiger partial charge on any atom is 0.0790 e. The number of allylic oxidation sites excluding steroid dienone is 2. The summed E-state index contributed by atoms with van der Waals surface area (Å²) in [7, 11) is 0. The van der Waals surface area contributed by atoms with Crippen molar-refractivity contribution >= 4 is 17.2 Å². The van der Waals surface area contributed by atoms with Gasteiger partial charge in [0, 0.05) is 5.41 Å². The first-order valence-corrected chi connectivity index (χ1v) is 9.52. The summed E-state index contributed by atoms with van der Waals surface area (Å²) < 4.78 is 0. The maximum atomic E-state index is 6.07.